The predicted molar refractivity (Wildman–Crippen MR) is 119 cm³/mol. The first kappa shape index (κ1) is 19.9. The Morgan fingerprint density at radius 3 is 2.50 bits per heavy atom. The van der Waals surface area contributed by atoms with Crippen molar-refractivity contribution < 1.29 is 9.90 Å². The van der Waals surface area contributed by atoms with Gasteiger partial charge in [-0.15, -0.1) is 11.3 Å². The molecule has 0 aliphatic heterocycles. The van der Waals surface area contributed by atoms with Crippen molar-refractivity contribution in [2.75, 3.05) is 6.54 Å². The first-order valence-electron chi connectivity index (χ1n) is 9.68. The molecule has 2 aromatic heterocycles. The first-order chi connectivity index (χ1) is 14.8. The lowest BCUT2D eigenvalue weighted by Crippen LogP contribution is -2.26. The van der Waals surface area contributed by atoms with Crippen molar-refractivity contribution in [1.82, 2.24) is 15.3 Å². The molecule has 0 saturated heterocycles. The number of hydrogen-bond acceptors (Lipinski definition) is 5. The SMILES string of the molecule is O=C(NCCc1ccccn1)c1ccccc1-c1ncc(-c2ccccc2CO)s1. The molecule has 1 amide bonds. The highest BCUT2D eigenvalue weighted by atomic mass is 32.1. The number of pyridine rings is 1. The lowest BCUT2D eigenvalue weighted by atomic mass is 10.1. The van der Waals surface area contributed by atoms with E-state index in [-0.39, 0.29) is 12.5 Å². The highest BCUT2D eigenvalue weighted by Gasteiger charge is 2.16. The number of nitrogens with one attached hydrogen (secondary N) is 1. The van der Waals surface area contributed by atoms with Gasteiger partial charge in [0.15, 0.2) is 0 Å². The molecule has 0 saturated carbocycles. The Labute approximate surface area is 179 Å². The smallest absolute Gasteiger partial charge is 0.252 e. The molecule has 0 fully saturated rings. The summed E-state index contributed by atoms with van der Waals surface area (Å²) in [6.07, 6.45) is 4.22. The van der Waals surface area contributed by atoms with Crippen LogP contribution in [-0.2, 0) is 13.0 Å². The topological polar surface area (TPSA) is 75.1 Å². The molecular weight excluding hydrogens is 394 g/mol. The summed E-state index contributed by atoms with van der Waals surface area (Å²) in [6, 6.07) is 21.0. The Morgan fingerprint density at radius 1 is 0.933 bits per heavy atom. The second-order valence-electron chi connectivity index (χ2n) is 6.72. The molecule has 0 spiro atoms. The fraction of sp³-hybridized carbons (Fsp3) is 0.125. The summed E-state index contributed by atoms with van der Waals surface area (Å²) in [5, 5.41) is 13.4. The third-order valence-corrected chi connectivity index (χ3v) is 5.82. The molecule has 4 aromatic rings. The zero-order valence-electron chi connectivity index (χ0n) is 16.3. The van der Waals surface area contributed by atoms with Crippen LogP contribution in [0.1, 0.15) is 21.6 Å². The Balaban J connectivity index is 1.53. The number of thiazole rings is 1. The molecule has 0 aliphatic rings. The van der Waals surface area contributed by atoms with E-state index in [1.165, 1.54) is 11.3 Å². The van der Waals surface area contributed by atoms with E-state index < -0.39 is 0 Å². The minimum absolute atomic E-state index is 0.0291. The maximum atomic E-state index is 12.8. The van der Waals surface area contributed by atoms with Crippen LogP contribution in [0, 0.1) is 0 Å². The summed E-state index contributed by atoms with van der Waals surface area (Å²) in [4.78, 5) is 22.6. The Hall–Kier alpha value is -3.35. The predicted octanol–water partition coefficient (Wildman–Crippen LogP) is 4.34. The lowest BCUT2D eigenvalue weighted by molar-refractivity contribution is 0.0954. The van der Waals surface area contributed by atoms with Gasteiger partial charge in [-0.05, 0) is 29.3 Å². The van der Waals surface area contributed by atoms with Crippen molar-refractivity contribution in [3.63, 3.8) is 0 Å². The van der Waals surface area contributed by atoms with Crippen molar-refractivity contribution in [3.8, 4) is 21.0 Å². The van der Waals surface area contributed by atoms with Crippen LogP contribution in [0.5, 0.6) is 0 Å². The molecule has 0 bridgehead atoms. The third kappa shape index (κ3) is 4.45. The fourth-order valence-electron chi connectivity index (χ4n) is 3.23. The van der Waals surface area contributed by atoms with Gasteiger partial charge in [0, 0.05) is 42.2 Å². The number of aromatic nitrogens is 2. The third-order valence-electron chi connectivity index (χ3n) is 4.75. The number of amides is 1. The minimum atomic E-state index is -0.131. The number of benzene rings is 2. The monoisotopic (exact) mass is 415 g/mol. The normalized spacial score (nSPS) is 10.7. The van der Waals surface area contributed by atoms with Crippen LogP contribution in [0.4, 0.5) is 0 Å². The van der Waals surface area contributed by atoms with Gasteiger partial charge in [0.2, 0.25) is 0 Å². The van der Waals surface area contributed by atoms with Crippen LogP contribution in [0.15, 0.2) is 79.1 Å². The Bertz CT molecular complexity index is 1140. The molecule has 5 nitrogen and oxygen atoms in total. The van der Waals surface area contributed by atoms with E-state index in [2.05, 4.69) is 15.3 Å². The van der Waals surface area contributed by atoms with Gasteiger partial charge in [0.1, 0.15) is 5.01 Å². The van der Waals surface area contributed by atoms with Gasteiger partial charge in [-0.2, -0.15) is 0 Å². The van der Waals surface area contributed by atoms with Crippen molar-refractivity contribution in [2.45, 2.75) is 13.0 Å². The van der Waals surface area contributed by atoms with Crippen molar-refractivity contribution in [2.24, 2.45) is 0 Å². The summed E-state index contributed by atoms with van der Waals surface area (Å²) in [6.45, 7) is 0.482. The summed E-state index contributed by atoms with van der Waals surface area (Å²) in [5.74, 6) is -0.131. The zero-order valence-corrected chi connectivity index (χ0v) is 17.1. The van der Waals surface area contributed by atoms with Crippen LogP contribution in [-0.4, -0.2) is 27.5 Å². The molecule has 2 heterocycles. The van der Waals surface area contributed by atoms with Crippen molar-refractivity contribution in [1.29, 1.82) is 0 Å². The standard InChI is InChI=1S/C24H21N3O2S/c28-16-17-7-1-2-9-19(17)22-15-27-24(30-22)21-11-4-3-10-20(21)23(29)26-14-12-18-8-5-6-13-25-18/h1-11,13,15,28H,12,14,16H2,(H,26,29). The van der Waals surface area contributed by atoms with Gasteiger partial charge in [-0.25, -0.2) is 4.98 Å². The number of hydrogen-bond donors (Lipinski definition) is 2. The van der Waals surface area contributed by atoms with Gasteiger partial charge in [-0.3, -0.25) is 9.78 Å². The maximum Gasteiger partial charge on any atom is 0.252 e. The van der Waals surface area contributed by atoms with Crippen LogP contribution < -0.4 is 5.32 Å². The largest absolute Gasteiger partial charge is 0.392 e. The molecule has 6 heteroatoms. The molecule has 4 rings (SSSR count). The molecule has 0 atom stereocenters. The molecule has 2 N–H and O–H groups in total. The van der Waals surface area contributed by atoms with Gasteiger partial charge in [0.25, 0.3) is 5.91 Å². The van der Waals surface area contributed by atoms with Gasteiger partial charge >= 0.3 is 0 Å². The van der Waals surface area contributed by atoms with Crippen LogP contribution in [0.3, 0.4) is 0 Å². The molecule has 0 unspecified atom stereocenters. The Morgan fingerprint density at radius 2 is 1.70 bits per heavy atom. The average molecular weight is 416 g/mol. The number of carbonyl (C=O) groups excluding carboxylic acids is 1. The zero-order chi connectivity index (χ0) is 20.8. The highest BCUT2D eigenvalue weighted by molar-refractivity contribution is 7.18. The summed E-state index contributed by atoms with van der Waals surface area (Å²) in [7, 11) is 0. The van der Waals surface area contributed by atoms with Crippen LogP contribution in [0.25, 0.3) is 21.0 Å². The van der Waals surface area contributed by atoms with E-state index in [1.807, 2.05) is 66.7 Å². The molecule has 2 aromatic carbocycles. The Kier molecular flexibility index (Phi) is 6.27. The van der Waals surface area contributed by atoms with E-state index in [4.69, 9.17) is 0 Å². The van der Waals surface area contributed by atoms with E-state index in [1.54, 1.807) is 12.4 Å². The fourth-order valence-corrected chi connectivity index (χ4v) is 4.25. The average Bonchev–Trinajstić information content (AvgIpc) is 3.29. The summed E-state index contributed by atoms with van der Waals surface area (Å²) >= 11 is 1.51. The van der Waals surface area contributed by atoms with E-state index in [0.29, 0.717) is 18.5 Å². The second kappa shape index (κ2) is 9.43. The van der Waals surface area contributed by atoms with Crippen LogP contribution >= 0.6 is 11.3 Å². The summed E-state index contributed by atoms with van der Waals surface area (Å²) < 4.78 is 0. The molecule has 30 heavy (non-hydrogen) atoms. The highest BCUT2D eigenvalue weighted by Crippen LogP contribution is 2.35. The van der Waals surface area contributed by atoms with Crippen molar-refractivity contribution >= 4 is 17.2 Å². The van der Waals surface area contributed by atoms with Crippen molar-refractivity contribution in [3.05, 3.63) is 95.9 Å². The van der Waals surface area contributed by atoms with E-state index in [0.717, 1.165) is 32.3 Å². The molecule has 0 aliphatic carbocycles. The van der Waals surface area contributed by atoms with Gasteiger partial charge < -0.3 is 10.4 Å². The second-order valence-corrected chi connectivity index (χ2v) is 7.75. The number of aliphatic hydroxyl groups excluding tert-OH is 1. The maximum absolute atomic E-state index is 12.8. The molecule has 150 valence electrons. The molecule has 0 radical (unpaired) electrons. The minimum Gasteiger partial charge on any atom is -0.392 e. The lowest BCUT2D eigenvalue weighted by Gasteiger charge is -2.08. The molecular formula is C24H21N3O2S. The first-order valence-corrected chi connectivity index (χ1v) is 10.5. The van der Waals surface area contributed by atoms with E-state index >= 15 is 0 Å². The number of rotatable bonds is 7. The van der Waals surface area contributed by atoms with Crippen LogP contribution in [0.2, 0.25) is 0 Å². The van der Waals surface area contributed by atoms with Gasteiger partial charge in [0.05, 0.1) is 11.5 Å². The quantitative estimate of drug-likeness (QED) is 0.471. The van der Waals surface area contributed by atoms with Gasteiger partial charge in [-0.1, -0.05) is 48.5 Å². The van der Waals surface area contributed by atoms with E-state index in [9.17, 15) is 9.90 Å². The number of nitrogens with zero attached hydrogens (tertiary/aromatic N) is 2. The summed E-state index contributed by atoms with van der Waals surface area (Å²) in [5.41, 5.74) is 4.15. The number of aliphatic hydroxyl groups is 1. The number of carbonyl (C=O) groups is 1.